The molecule has 0 aliphatic heterocycles. The molecule has 2 aromatic rings. The number of amides is 2. The zero-order chi connectivity index (χ0) is 24.5. The van der Waals surface area contributed by atoms with Crippen molar-refractivity contribution < 1.29 is 19.1 Å². The van der Waals surface area contributed by atoms with Crippen LogP contribution in [0.1, 0.15) is 46.3 Å². The minimum Gasteiger partial charge on any atom is -0.467 e. The fourth-order valence-corrected chi connectivity index (χ4v) is 3.54. The lowest BCUT2D eigenvalue weighted by atomic mass is 10.1. The summed E-state index contributed by atoms with van der Waals surface area (Å²) in [6, 6.07) is 13.9. The van der Waals surface area contributed by atoms with Crippen LogP contribution in [0.5, 0.6) is 0 Å². The number of carbonyl (C=O) groups is 3. The number of ether oxygens (including phenoxy) is 1. The average Bonchev–Trinajstić information content (AvgIpc) is 3.70. The number of allylic oxidation sites excluding steroid dienone is 1. The third-order valence-electron chi connectivity index (χ3n) is 5.85. The predicted molar refractivity (Wildman–Crippen MR) is 132 cm³/mol. The van der Waals surface area contributed by atoms with Gasteiger partial charge in [0, 0.05) is 25.2 Å². The highest BCUT2D eigenvalue weighted by molar-refractivity contribution is 6.07. The largest absolute Gasteiger partial charge is 0.467 e. The predicted octanol–water partition coefficient (Wildman–Crippen LogP) is 3.45. The van der Waals surface area contributed by atoms with Crippen molar-refractivity contribution in [1.29, 1.82) is 0 Å². The van der Waals surface area contributed by atoms with Crippen LogP contribution in [0.25, 0.3) is 6.08 Å². The van der Waals surface area contributed by atoms with E-state index < -0.39 is 23.8 Å². The van der Waals surface area contributed by atoms with E-state index in [1.54, 1.807) is 30.3 Å². The molecule has 6 nitrogen and oxygen atoms in total. The van der Waals surface area contributed by atoms with Crippen LogP contribution in [0, 0.1) is 17.8 Å². The van der Waals surface area contributed by atoms with Gasteiger partial charge in [-0.2, -0.15) is 0 Å². The lowest BCUT2D eigenvalue weighted by molar-refractivity contribution is -0.150. The average molecular weight is 459 g/mol. The second-order valence-corrected chi connectivity index (χ2v) is 8.36. The number of esters is 1. The van der Waals surface area contributed by atoms with E-state index in [0.717, 1.165) is 28.4 Å². The smallest absolute Gasteiger partial charge is 0.338 e. The third-order valence-corrected chi connectivity index (χ3v) is 5.85. The minimum absolute atomic E-state index is 0.352. The quantitative estimate of drug-likeness (QED) is 0.374. The number of carbonyl (C=O) groups excluding carboxylic acids is 3. The molecular formula is C28H30N2O4. The van der Waals surface area contributed by atoms with Crippen molar-refractivity contribution in [2.24, 2.45) is 5.92 Å². The number of benzene rings is 2. The minimum atomic E-state index is -1.36. The number of methoxy groups -OCH3 is 1. The van der Waals surface area contributed by atoms with Gasteiger partial charge in [-0.1, -0.05) is 48.9 Å². The summed E-state index contributed by atoms with van der Waals surface area (Å²) in [6.45, 7) is 0. The SMILES string of the molecule is CNC(=O)C(C(=O)OC)N(C)C(=O)c1ccc(/C=C/C#Cc2ccc(CCC3CC3)cc2)cc1. The molecule has 2 amide bonds. The van der Waals surface area contributed by atoms with Crippen molar-refractivity contribution in [3.63, 3.8) is 0 Å². The molecule has 0 saturated heterocycles. The molecule has 6 heteroatoms. The molecule has 1 aliphatic rings. The van der Waals surface area contributed by atoms with Crippen LogP contribution >= 0.6 is 0 Å². The number of hydrogen-bond acceptors (Lipinski definition) is 4. The van der Waals surface area contributed by atoms with E-state index in [1.165, 1.54) is 46.0 Å². The summed E-state index contributed by atoms with van der Waals surface area (Å²) in [7, 11) is 3.96. The molecule has 1 saturated carbocycles. The first-order chi connectivity index (χ1) is 16.4. The molecule has 0 radical (unpaired) electrons. The van der Waals surface area contributed by atoms with Gasteiger partial charge in [0.05, 0.1) is 7.11 Å². The Balaban J connectivity index is 1.58. The number of hydrogen-bond donors (Lipinski definition) is 1. The number of aryl methyl sites for hydroxylation is 1. The molecule has 1 N–H and O–H groups in total. The normalized spacial score (nSPS) is 13.5. The van der Waals surface area contributed by atoms with Gasteiger partial charge in [0.2, 0.25) is 6.04 Å². The number of nitrogens with zero attached hydrogens (tertiary/aromatic N) is 1. The summed E-state index contributed by atoms with van der Waals surface area (Å²) in [4.78, 5) is 37.8. The highest BCUT2D eigenvalue weighted by Crippen LogP contribution is 2.33. The van der Waals surface area contributed by atoms with E-state index >= 15 is 0 Å². The van der Waals surface area contributed by atoms with E-state index in [2.05, 4.69) is 46.2 Å². The van der Waals surface area contributed by atoms with Gasteiger partial charge in [-0.3, -0.25) is 9.59 Å². The Morgan fingerprint density at radius 3 is 2.38 bits per heavy atom. The van der Waals surface area contributed by atoms with Gasteiger partial charge in [0.15, 0.2) is 0 Å². The van der Waals surface area contributed by atoms with Crippen LogP contribution in [0.15, 0.2) is 54.6 Å². The molecule has 34 heavy (non-hydrogen) atoms. The van der Waals surface area contributed by atoms with Gasteiger partial charge in [-0.05, 0) is 66.3 Å². The molecule has 176 valence electrons. The third kappa shape index (κ3) is 6.82. The van der Waals surface area contributed by atoms with Gasteiger partial charge in [-0.15, -0.1) is 0 Å². The van der Waals surface area contributed by atoms with Gasteiger partial charge < -0.3 is 15.0 Å². The summed E-state index contributed by atoms with van der Waals surface area (Å²) >= 11 is 0. The van der Waals surface area contributed by atoms with Gasteiger partial charge in [0.1, 0.15) is 0 Å². The summed E-state index contributed by atoms with van der Waals surface area (Å²) in [5.41, 5.74) is 3.56. The van der Waals surface area contributed by atoms with Crippen molar-refractivity contribution in [3.8, 4) is 11.8 Å². The van der Waals surface area contributed by atoms with Gasteiger partial charge in [0.25, 0.3) is 11.8 Å². The molecule has 0 heterocycles. The Hall–Kier alpha value is -3.85. The second kappa shape index (κ2) is 11.9. The molecule has 3 rings (SSSR count). The zero-order valence-corrected chi connectivity index (χ0v) is 19.8. The van der Waals surface area contributed by atoms with Crippen molar-refractivity contribution in [1.82, 2.24) is 10.2 Å². The molecule has 0 spiro atoms. The fourth-order valence-electron chi connectivity index (χ4n) is 3.54. The Labute approximate surface area is 201 Å². The van der Waals surface area contributed by atoms with E-state index in [9.17, 15) is 14.4 Å². The highest BCUT2D eigenvalue weighted by Gasteiger charge is 2.34. The van der Waals surface area contributed by atoms with E-state index in [1.807, 2.05) is 6.08 Å². The van der Waals surface area contributed by atoms with Gasteiger partial charge >= 0.3 is 5.97 Å². The number of nitrogens with one attached hydrogen (secondary N) is 1. The second-order valence-electron chi connectivity index (χ2n) is 8.36. The first kappa shape index (κ1) is 24.8. The molecule has 2 aromatic carbocycles. The number of rotatable bonds is 8. The van der Waals surface area contributed by atoms with Crippen LogP contribution in [0.4, 0.5) is 0 Å². The van der Waals surface area contributed by atoms with Gasteiger partial charge in [-0.25, -0.2) is 4.79 Å². The lowest BCUT2D eigenvalue weighted by Gasteiger charge is -2.24. The van der Waals surface area contributed by atoms with Crippen LogP contribution in [0.3, 0.4) is 0 Å². The highest BCUT2D eigenvalue weighted by atomic mass is 16.5. The van der Waals surface area contributed by atoms with Crippen LogP contribution in [-0.4, -0.2) is 49.9 Å². The van der Waals surface area contributed by atoms with E-state index in [4.69, 9.17) is 0 Å². The molecule has 1 unspecified atom stereocenters. The lowest BCUT2D eigenvalue weighted by Crippen LogP contribution is -2.51. The zero-order valence-electron chi connectivity index (χ0n) is 19.8. The number of likely N-dealkylation sites (N-methyl/N-ethyl adjacent to an activating group) is 2. The molecule has 0 aromatic heterocycles. The van der Waals surface area contributed by atoms with E-state index in [0.29, 0.717) is 5.56 Å². The summed E-state index contributed by atoms with van der Waals surface area (Å²) in [5.74, 6) is 5.22. The van der Waals surface area contributed by atoms with Crippen molar-refractivity contribution in [3.05, 3.63) is 76.9 Å². The topological polar surface area (TPSA) is 75.7 Å². The standard InChI is InChI=1S/C28H30N2O4/c1-29-26(31)25(28(33)34-3)30(2)27(32)24-18-16-21(17-19-24)7-5-4-6-20-8-10-22(11-9-20)12-13-23-14-15-23/h5,7-11,16-19,23,25H,12-15H2,1-3H3,(H,29,31)/b7-5+. The molecule has 0 bridgehead atoms. The Morgan fingerprint density at radius 2 is 1.79 bits per heavy atom. The fraction of sp³-hybridized carbons (Fsp3) is 0.321. The Morgan fingerprint density at radius 1 is 1.12 bits per heavy atom. The first-order valence-corrected chi connectivity index (χ1v) is 11.4. The summed E-state index contributed by atoms with van der Waals surface area (Å²) in [6.07, 6.45) is 8.83. The Kier molecular flexibility index (Phi) is 8.64. The Bertz CT molecular complexity index is 1090. The summed E-state index contributed by atoms with van der Waals surface area (Å²) < 4.78 is 4.66. The maximum absolute atomic E-state index is 12.8. The molecule has 1 atom stereocenters. The van der Waals surface area contributed by atoms with Crippen molar-refractivity contribution in [2.45, 2.75) is 31.7 Å². The van der Waals surface area contributed by atoms with Crippen molar-refractivity contribution in [2.75, 3.05) is 21.2 Å². The van der Waals surface area contributed by atoms with Crippen LogP contribution in [-0.2, 0) is 20.7 Å². The van der Waals surface area contributed by atoms with Crippen LogP contribution in [0.2, 0.25) is 0 Å². The van der Waals surface area contributed by atoms with Crippen LogP contribution < -0.4 is 5.32 Å². The van der Waals surface area contributed by atoms with Crippen molar-refractivity contribution >= 4 is 23.9 Å². The first-order valence-electron chi connectivity index (χ1n) is 11.4. The molecule has 1 aliphatic carbocycles. The molecule has 1 fully saturated rings. The maximum atomic E-state index is 12.8. The molecular weight excluding hydrogens is 428 g/mol. The summed E-state index contributed by atoms with van der Waals surface area (Å²) in [5, 5.41) is 2.38. The maximum Gasteiger partial charge on any atom is 0.338 e. The monoisotopic (exact) mass is 458 g/mol. The van der Waals surface area contributed by atoms with E-state index in [-0.39, 0.29) is 0 Å².